The van der Waals surface area contributed by atoms with Gasteiger partial charge in [0, 0.05) is 51.0 Å². The molecule has 2 fully saturated rings. The van der Waals surface area contributed by atoms with Crippen molar-refractivity contribution >= 4 is 28.7 Å². The molecule has 1 aliphatic heterocycles. The molecule has 0 spiro atoms. The van der Waals surface area contributed by atoms with Crippen LogP contribution in [-0.2, 0) is 6.54 Å². The van der Waals surface area contributed by atoms with Crippen molar-refractivity contribution in [2.24, 2.45) is 0 Å². The zero-order valence-electron chi connectivity index (χ0n) is 23.1. The highest BCUT2D eigenvalue weighted by molar-refractivity contribution is 7.99. The summed E-state index contributed by atoms with van der Waals surface area (Å²) in [6.07, 6.45) is 9.61. The second-order valence-corrected chi connectivity index (χ2v) is 12.0. The number of nitrogens with zero attached hydrogens (tertiary/aromatic N) is 6. The fourth-order valence-electron chi connectivity index (χ4n) is 5.62. The summed E-state index contributed by atoms with van der Waals surface area (Å²) >= 11 is 1.93. The number of anilines is 1. The smallest absolute Gasteiger partial charge is 0.224 e. The standard InChI is InChI=1S/C29H43N7OS/c1-4-5-14-30-29-31-19-26-27(33-36(28(26)32-29)24-10-12-25(37)13-11-24)23-8-6-22(7-9-23)20-34-15-17-35(18-16-34)21(2)38-3/h6-9,19,21,24-25,37H,4-5,10-18,20H2,1-3H3,(H,30,31,32)/t21?,24-,25-. The van der Waals surface area contributed by atoms with E-state index in [-0.39, 0.29) is 12.1 Å². The van der Waals surface area contributed by atoms with E-state index in [9.17, 15) is 5.11 Å². The second kappa shape index (κ2) is 12.8. The number of piperazine rings is 1. The van der Waals surface area contributed by atoms with E-state index in [1.54, 1.807) is 0 Å². The number of aromatic nitrogens is 4. The normalized spacial score (nSPS) is 22.1. The maximum atomic E-state index is 10.1. The van der Waals surface area contributed by atoms with Gasteiger partial charge in [0.1, 0.15) is 5.69 Å². The molecule has 0 amide bonds. The Kier molecular flexibility index (Phi) is 9.20. The van der Waals surface area contributed by atoms with Crippen molar-refractivity contribution in [1.82, 2.24) is 29.5 Å². The summed E-state index contributed by atoms with van der Waals surface area (Å²) in [6.45, 7) is 10.8. The van der Waals surface area contributed by atoms with Crippen LogP contribution in [0.4, 0.5) is 5.95 Å². The zero-order valence-corrected chi connectivity index (χ0v) is 24.0. The van der Waals surface area contributed by atoms with Gasteiger partial charge in [-0.2, -0.15) is 10.1 Å². The number of aliphatic hydroxyl groups excluding tert-OH is 1. The van der Waals surface area contributed by atoms with E-state index in [1.165, 1.54) is 5.56 Å². The third-order valence-corrected chi connectivity index (χ3v) is 9.15. The van der Waals surface area contributed by atoms with Crippen LogP contribution >= 0.6 is 11.8 Å². The highest BCUT2D eigenvalue weighted by atomic mass is 32.2. The molecule has 1 atom stereocenters. The Bertz CT molecular complexity index is 1170. The van der Waals surface area contributed by atoms with Crippen LogP contribution in [0.2, 0.25) is 0 Å². The molecule has 5 rings (SSSR count). The fraction of sp³-hybridized carbons (Fsp3) is 0.621. The molecular formula is C29H43N7OS. The molecule has 9 heteroatoms. The fourth-order valence-corrected chi connectivity index (χ4v) is 6.13. The molecule has 1 unspecified atom stereocenters. The second-order valence-electron chi connectivity index (χ2n) is 10.8. The first-order valence-electron chi connectivity index (χ1n) is 14.3. The third kappa shape index (κ3) is 6.33. The van der Waals surface area contributed by atoms with E-state index in [1.807, 2.05) is 18.0 Å². The Morgan fingerprint density at radius 2 is 1.82 bits per heavy atom. The lowest BCUT2D eigenvalue weighted by Crippen LogP contribution is -2.48. The van der Waals surface area contributed by atoms with E-state index in [2.05, 4.69) is 69.2 Å². The number of rotatable bonds is 10. The number of fused-ring (bicyclic) bond motifs is 1. The molecule has 2 aliphatic rings. The highest BCUT2D eigenvalue weighted by Gasteiger charge is 2.26. The lowest BCUT2D eigenvalue weighted by atomic mass is 9.93. The summed E-state index contributed by atoms with van der Waals surface area (Å²) in [7, 11) is 0. The van der Waals surface area contributed by atoms with Crippen LogP contribution in [0, 0.1) is 0 Å². The summed E-state index contributed by atoms with van der Waals surface area (Å²) in [4.78, 5) is 14.7. The maximum absolute atomic E-state index is 10.1. The van der Waals surface area contributed by atoms with Gasteiger partial charge < -0.3 is 10.4 Å². The molecular weight excluding hydrogens is 494 g/mol. The number of unbranched alkanes of at least 4 members (excludes halogenated alkanes) is 1. The zero-order chi connectivity index (χ0) is 26.5. The average Bonchev–Trinajstić information content (AvgIpc) is 3.33. The lowest BCUT2D eigenvalue weighted by molar-refractivity contribution is 0.109. The third-order valence-electron chi connectivity index (χ3n) is 8.17. The minimum absolute atomic E-state index is 0.196. The molecule has 8 nitrogen and oxygen atoms in total. The van der Waals surface area contributed by atoms with Crippen LogP contribution in [0.3, 0.4) is 0 Å². The number of hydrogen-bond donors (Lipinski definition) is 2. The number of aliphatic hydroxyl groups is 1. The number of benzene rings is 1. The van der Waals surface area contributed by atoms with Crippen molar-refractivity contribution in [3.8, 4) is 11.3 Å². The lowest BCUT2D eigenvalue weighted by Gasteiger charge is -2.37. The van der Waals surface area contributed by atoms with E-state index in [0.29, 0.717) is 11.3 Å². The molecule has 206 valence electrons. The van der Waals surface area contributed by atoms with Gasteiger partial charge in [-0.25, -0.2) is 9.67 Å². The van der Waals surface area contributed by atoms with Gasteiger partial charge in [0.05, 0.1) is 22.9 Å². The average molecular weight is 538 g/mol. The minimum atomic E-state index is -0.196. The van der Waals surface area contributed by atoms with Crippen molar-refractivity contribution in [2.45, 2.75) is 76.4 Å². The summed E-state index contributed by atoms with van der Waals surface area (Å²) < 4.78 is 2.10. The van der Waals surface area contributed by atoms with Gasteiger partial charge in [0.15, 0.2) is 5.65 Å². The van der Waals surface area contributed by atoms with Gasteiger partial charge in [0.2, 0.25) is 5.95 Å². The van der Waals surface area contributed by atoms with Crippen LogP contribution in [0.1, 0.15) is 64.0 Å². The van der Waals surface area contributed by atoms with Gasteiger partial charge in [-0.15, -0.1) is 11.8 Å². The Morgan fingerprint density at radius 1 is 1.08 bits per heavy atom. The topological polar surface area (TPSA) is 82.3 Å². The van der Waals surface area contributed by atoms with Crippen molar-refractivity contribution in [2.75, 3.05) is 44.3 Å². The van der Waals surface area contributed by atoms with Crippen LogP contribution < -0.4 is 5.32 Å². The summed E-state index contributed by atoms with van der Waals surface area (Å²) in [6, 6.07) is 9.14. The molecule has 3 heterocycles. The Morgan fingerprint density at radius 3 is 2.50 bits per heavy atom. The Labute approximate surface area is 231 Å². The number of thioether (sulfide) groups is 1. The minimum Gasteiger partial charge on any atom is -0.393 e. The molecule has 1 saturated heterocycles. The predicted octanol–water partition coefficient (Wildman–Crippen LogP) is 5.01. The van der Waals surface area contributed by atoms with Crippen LogP contribution in [0.25, 0.3) is 22.3 Å². The first-order chi connectivity index (χ1) is 18.6. The van der Waals surface area contributed by atoms with E-state index in [0.717, 1.165) is 100 Å². The van der Waals surface area contributed by atoms with Crippen LogP contribution in [-0.4, -0.2) is 85.1 Å². The van der Waals surface area contributed by atoms with Gasteiger partial charge >= 0.3 is 0 Å². The highest BCUT2D eigenvalue weighted by Crippen LogP contribution is 2.34. The Balaban J connectivity index is 1.35. The maximum Gasteiger partial charge on any atom is 0.224 e. The molecule has 3 aromatic rings. The number of nitrogens with one attached hydrogen (secondary N) is 1. The van der Waals surface area contributed by atoms with Gasteiger partial charge in [-0.1, -0.05) is 37.6 Å². The van der Waals surface area contributed by atoms with Crippen molar-refractivity contribution in [3.05, 3.63) is 36.0 Å². The molecule has 0 bridgehead atoms. The summed E-state index contributed by atoms with van der Waals surface area (Å²) in [5.41, 5.74) is 4.26. The van der Waals surface area contributed by atoms with Gasteiger partial charge in [-0.3, -0.25) is 9.80 Å². The monoisotopic (exact) mass is 537 g/mol. The largest absolute Gasteiger partial charge is 0.393 e. The first-order valence-corrected chi connectivity index (χ1v) is 15.6. The quantitative estimate of drug-likeness (QED) is 0.350. The first kappa shape index (κ1) is 27.4. The molecule has 0 radical (unpaired) electrons. The van der Waals surface area contributed by atoms with Crippen molar-refractivity contribution in [3.63, 3.8) is 0 Å². The molecule has 1 aromatic carbocycles. The molecule has 38 heavy (non-hydrogen) atoms. The Hall–Kier alpha value is -2.20. The molecule has 1 aliphatic carbocycles. The molecule has 2 N–H and O–H groups in total. The van der Waals surface area contributed by atoms with Crippen molar-refractivity contribution < 1.29 is 5.11 Å². The molecule has 1 saturated carbocycles. The molecule has 2 aromatic heterocycles. The van der Waals surface area contributed by atoms with E-state index >= 15 is 0 Å². The van der Waals surface area contributed by atoms with Crippen LogP contribution in [0.15, 0.2) is 30.5 Å². The summed E-state index contributed by atoms with van der Waals surface area (Å²) in [5.74, 6) is 0.664. The summed E-state index contributed by atoms with van der Waals surface area (Å²) in [5, 5.41) is 20.1. The van der Waals surface area contributed by atoms with E-state index < -0.39 is 0 Å². The van der Waals surface area contributed by atoms with Gasteiger partial charge in [-0.05, 0) is 50.8 Å². The van der Waals surface area contributed by atoms with Gasteiger partial charge in [0.25, 0.3) is 0 Å². The van der Waals surface area contributed by atoms with E-state index in [4.69, 9.17) is 10.1 Å². The SMILES string of the molecule is CCCCNc1ncc2c(-c3ccc(CN4CCN(C(C)SC)CC4)cc3)nn([C@H]3CC[C@H](O)CC3)c2n1. The predicted molar refractivity (Wildman–Crippen MR) is 157 cm³/mol. The van der Waals surface area contributed by atoms with Crippen molar-refractivity contribution in [1.29, 1.82) is 0 Å². The van der Waals surface area contributed by atoms with Crippen LogP contribution in [0.5, 0.6) is 0 Å². The number of hydrogen-bond acceptors (Lipinski definition) is 8.